The molecule has 4 N–H and O–H groups in total. The van der Waals surface area contributed by atoms with Crippen LogP contribution in [0.4, 0.5) is 4.79 Å². The predicted octanol–water partition coefficient (Wildman–Crippen LogP) is 0.227. The Labute approximate surface area is 108 Å². The van der Waals surface area contributed by atoms with Crippen molar-refractivity contribution < 1.29 is 17.9 Å². The molecule has 0 spiro atoms. The van der Waals surface area contributed by atoms with Gasteiger partial charge in [0.1, 0.15) is 0 Å². The van der Waals surface area contributed by atoms with Crippen molar-refractivity contribution in [3.63, 3.8) is 0 Å². The van der Waals surface area contributed by atoms with Crippen molar-refractivity contribution in [3.05, 3.63) is 0 Å². The van der Waals surface area contributed by atoms with Gasteiger partial charge in [-0.1, -0.05) is 19.3 Å². The lowest BCUT2D eigenvalue weighted by molar-refractivity contribution is 0.158. The molecule has 0 aromatic heterocycles. The highest BCUT2D eigenvalue weighted by molar-refractivity contribution is 7.88. The fourth-order valence-electron chi connectivity index (χ4n) is 1.98. The maximum atomic E-state index is 11.7. The molecule has 1 fully saturated rings. The molecule has 1 saturated carbocycles. The molecule has 0 radical (unpaired) electrons. The first-order valence-electron chi connectivity index (χ1n) is 6.17. The summed E-state index contributed by atoms with van der Waals surface area (Å²) in [5.74, 6) is 0. The third kappa shape index (κ3) is 5.19. The molecule has 8 heteroatoms. The minimum Gasteiger partial charge on any atom is -0.449 e. The standard InChI is InChI=1S/C10H21N3O4S/c1-2-17-10(14)13-18(15,16)12-9-7-5-3-4-6-8(9)11/h8-9,12H,2-7,11H2,1H3,(H,13,14). The van der Waals surface area contributed by atoms with Crippen molar-refractivity contribution in [1.82, 2.24) is 9.44 Å². The molecule has 2 unspecified atom stereocenters. The minimum atomic E-state index is -3.91. The van der Waals surface area contributed by atoms with Crippen LogP contribution >= 0.6 is 0 Å². The summed E-state index contributed by atoms with van der Waals surface area (Å²) in [7, 11) is -3.91. The Balaban J connectivity index is 2.55. The van der Waals surface area contributed by atoms with Crippen molar-refractivity contribution in [2.24, 2.45) is 5.73 Å². The lowest BCUT2D eigenvalue weighted by atomic mass is 10.1. The van der Waals surface area contributed by atoms with Gasteiger partial charge in [-0.25, -0.2) is 9.52 Å². The number of hydrogen-bond donors (Lipinski definition) is 3. The van der Waals surface area contributed by atoms with Gasteiger partial charge in [-0.05, 0) is 19.8 Å². The summed E-state index contributed by atoms with van der Waals surface area (Å²) in [6, 6.07) is -0.550. The van der Waals surface area contributed by atoms with Crippen LogP contribution in [0.2, 0.25) is 0 Å². The number of carbonyl (C=O) groups is 1. The Kier molecular flexibility index (Phi) is 5.83. The van der Waals surface area contributed by atoms with Gasteiger partial charge in [0.2, 0.25) is 0 Å². The topological polar surface area (TPSA) is 111 Å². The Bertz CT molecular complexity index is 371. The lowest BCUT2D eigenvalue weighted by Gasteiger charge is -2.22. The quantitative estimate of drug-likeness (QED) is 0.638. The summed E-state index contributed by atoms with van der Waals surface area (Å²) < 4.78 is 32.0. The summed E-state index contributed by atoms with van der Waals surface area (Å²) in [5, 5.41) is 0. The summed E-state index contributed by atoms with van der Waals surface area (Å²) in [4.78, 5) is 11.1. The van der Waals surface area contributed by atoms with E-state index in [1.54, 1.807) is 11.6 Å². The average molecular weight is 279 g/mol. The molecular formula is C10H21N3O4S. The van der Waals surface area contributed by atoms with Crippen LogP contribution in [0.5, 0.6) is 0 Å². The zero-order chi connectivity index (χ0) is 13.6. The van der Waals surface area contributed by atoms with E-state index in [2.05, 4.69) is 9.46 Å². The summed E-state index contributed by atoms with van der Waals surface area (Å²) in [5.41, 5.74) is 5.90. The molecule has 1 amide bonds. The normalized spacial score (nSPS) is 25.2. The van der Waals surface area contributed by atoms with Gasteiger partial charge in [0, 0.05) is 12.1 Å². The molecule has 18 heavy (non-hydrogen) atoms. The molecule has 0 aliphatic heterocycles. The first-order chi connectivity index (χ1) is 8.44. The van der Waals surface area contributed by atoms with Crippen LogP contribution < -0.4 is 15.2 Å². The van der Waals surface area contributed by atoms with E-state index >= 15 is 0 Å². The smallest absolute Gasteiger partial charge is 0.421 e. The number of nitrogens with one attached hydrogen (secondary N) is 2. The van der Waals surface area contributed by atoms with E-state index in [4.69, 9.17) is 5.73 Å². The number of rotatable bonds is 4. The average Bonchev–Trinajstić information content (AvgIpc) is 2.43. The van der Waals surface area contributed by atoms with Gasteiger partial charge in [0.25, 0.3) is 0 Å². The SMILES string of the molecule is CCOC(=O)NS(=O)(=O)NC1CCCCCC1N. The third-order valence-corrected chi connectivity index (χ3v) is 3.92. The number of ether oxygens (including phenoxy) is 1. The van der Waals surface area contributed by atoms with E-state index in [1.165, 1.54) is 0 Å². The van der Waals surface area contributed by atoms with Crippen molar-refractivity contribution >= 4 is 16.3 Å². The highest BCUT2D eigenvalue weighted by atomic mass is 32.2. The molecule has 1 rings (SSSR count). The molecule has 2 atom stereocenters. The van der Waals surface area contributed by atoms with Crippen LogP contribution in [0.1, 0.15) is 39.0 Å². The monoisotopic (exact) mass is 279 g/mol. The van der Waals surface area contributed by atoms with Gasteiger partial charge < -0.3 is 10.5 Å². The molecule has 0 aromatic rings. The fourth-order valence-corrected chi connectivity index (χ4v) is 3.01. The number of amides is 1. The fraction of sp³-hybridized carbons (Fsp3) is 0.900. The van der Waals surface area contributed by atoms with Crippen molar-refractivity contribution in [3.8, 4) is 0 Å². The maximum absolute atomic E-state index is 11.7. The van der Waals surface area contributed by atoms with Crippen molar-refractivity contribution in [2.75, 3.05) is 6.61 Å². The van der Waals surface area contributed by atoms with E-state index in [0.29, 0.717) is 6.42 Å². The molecule has 106 valence electrons. The van der Waals surface area contributed by atoms with Crippen LogP contribution in [0.25, 0.3) is 0 Å². The molecule has 0 heterocycles. The van der Waals surface area contributed by atoms with E-state index < -0.39 is 16.3 Å². The van der Waals surface area contributed by atoms with Crippen molar-refractivity contribution in [2.45, 2.75) is 51.1 Å². The Morgan fingerprint density at radius 2 is 2.00 bits per heavy atom. The molecule has 0 saturated heterocycles. The molecular weight excluding hydrogens is 258 g/mol. The van der Waals surface area contributed by atoms with Crippen molar-refractivity contribution in [1.29, 1.82) is 0 Å². The van der Waals surface area contributed by atoms with Gasteiger partial charge in [-0.3, -0.25) is 0 Å². The second-order valence-corrected chi connectivity index (χ2v) is 5.80. The van der Waals surface area contributed by atoms with Gasteiger partial charge in [0.05, 0.1) is 6.61 Å². The molecule has 0 bridgehead atoms. The number of carbonyl (C=O) groups excluding carboxylic acids is 1. The zero-order valence-corrected chi connectivity index (χ0v) is 11.3. The Hall–Kier alpha value is -0.860. The number of hydrogen-bond acceptors (Lipinski definition) is 5. The summed E-state index contributed by atoms with van der Waals surface area (Å²) in [6.07, 6.45) is 3.48. The van der Waals surface area contributed by atoms with Crippen LogP contribution in [0.15, 0.2) is 0 Å². The molecule has 0 aromatic carbocycles. The third-order valence-electron chi connectivity index (χ3n) is 2.87. The highest BCUT2D eigenvalue weighted by Crippen LogP contribution is 2.17. The van der Waals surface area contributed by atoms with E-state index in [1.807, 2.05) is 0 Å². The largest absolute Gasteiger partial charge is 0.449 e. The van der Waals surface area contributed by atoms with E-state index in [0.717, 1.165) is 25.7 Å². The molecule has 1 aliphatic carbocycles. The van der Waals surface area contributed by atoms with Gasteiger partial charge in [-0.15, -0.1) is 0 Å². The summed E-state index contributed by atoms with van der Waals surface area (Å²) in [6.45, 7) is 1.71. The van der Waals surface area contributed by atoms with Gasteiger partial charge >= 0.3 is 16.3 Å². The van der Waals surface area contributed by atoms with E-state index in [9.17, 15) is 13.2 Å². The van der Waals surface area contributed by atoms with Crippen LogP contribution in [0.3, 0.4) is 0 Å². The second kappa shape index (κ2) is 6.91. The van der Waals surface area contributed by atoms with E-state index in [-0.39, 0.29) is 18.7 Å². The maximum Gasteiger partial charge on any atom is 0.421 e. The first kappa shape index (κ1) is 15.2. The van der Waals surface area contributed by atoms with Crippen LogP contribution in [-0.2, 0) is 14.9 Å². The first-order valence-corrected chi connectivity index (χ1v) is 7.65. The predicted molar refractivity (Wildman–Crippen MR) is 67.1 cm³/mol. The second-order valence-electron chi connectivity index (χ2n) is 4.35. The Morgan fingerprint density at radius 1 is 1.33 bits per heavy atom. The zero-order valence-electron chi connectivity index (χ0n) is 10.5. The molecule has 7 nitrogen and oxygen atoms in total. The minimum absolute atomic E-state index is 0.115. The van der Waals surface area contributed by atoms with Gasteiger partial charge in [0.15, 0.2) is 0 Å². The van der Waals surface area contributed by atoms with Gasteiger partial charge in [-0.2, -0.15) is 13.1 Å². The summed E-state index contributed by atoms with van der Waals surface area (Å²) >= 11 is 0. The lowest BCUT2D eigenvalue weighted by Crippen LogP contribution is -2.51. The molecule has 1 aliphatic rings. The van der Waals surface area contributed by atoms with Crippen LogP contribution in [0, 0.1) is 0 Å². The number of nitrogens with two attached hydrogens (primary N) is 1. The Morgan fingerprint density at radius 3 is 2.67 bits per heavy atom. The highest BCUT2D eigenvalue weighted by Gasteiger charge is 2.26. The van der Waals surface area contributed by atoms with Crippen LogP contribution in [-0.4, -0.2) is 33.2 Å².